The van der Waals surface area contributed by atoms with E-state index >= 15 is 0 Å². The van der Waals surface area contributed by atoms with Gasteiger partial charge in [0.15, 0.2) is 12.1 Å². The summed E-state index contributed by atoms with van der Waals surface area (Å²) in [4.78, 5) is 25.2. The molecule has 0 bridgehead atoms. The van der Waals surface area contributed by atoms with Crippen molar-refractivity contribution in [1.29, 1.82) is 0 Å². The summed E-state index contributed by atoms with van der Waals surface area (Å²) >= 11 is 0. The molecule has 0 radical (unpaired) electrons. The molecule has 30 heavy (non-hydrogen) atoms. The molecule has 2 aliphatic heterocycles. The highest BCUT2D eigenvalue weighted by atomic mass is 16.7. The average molecular weight is 425 g/mol. The fourth-order valence-electron chi connectivity index (χ4n) is 7.38. The van der Waals surface area contributed by atoms with Gasteiger partial charge >= 0.3 is 5.97 Å². The van der Waals surface area contributed by atoms with E-state index in [1.807, 2.05) is 20.8 Å². The van der Waals surface area contributed by atoms with Gasteiger partial charge in [0, 0.05) is 43.1 Å². The summed E-state index contributed by atoms with van der Waals surface area (Å²) in [5.74, 6) is -1.29. The first-order valence-electron chi connectivity index (χ1n) is 11.2. The van der Waals surface area contributed by atoms with Crippen LogP contribution in [-0.4, -0.2) is 60.3 Å². The smallest absolute Gasteiger partial charge is 0.302 e. The maximum Gasteiger partial charge on any atom is 0.302 e. The van der Waals surface area contributed by atoms with E-state index in [1.165, 1.54) is 6.92 Å². The number of Topliss-reactive ketones (excluding diaryl/α,β-unsaturated/α-hetero) is 1. The lowest BCUT2D eigenvalue weighted by Gasteiger charge is -2.64. The standard InChI is InChI=1S/C23H36O7/c1-13-17(25)18(26)19-20(3,4)15(29-14(2)24)7-8-21(19,5)23(13)10-9-22(30-23)11-16(27-6)28-12-22/h13,15-17,19,25H,7-12H2,1-6H3/t13-,15-,16+,17-,19+,21+,22-,23-/m0/s1. The minimum absolute atomic E-state index is 0.153. The summed E-state index contributed by atoms with van der Waals surface area (Å²) in [5.41, 5.74) is -2.17. The predicted molar refractivity (Wildman–Crippen MR) is 107 cm³/mol. The Morgan fingerprint density at radius 1 is 1.20 bits per heavy atom. The van der Waals surface area contributed by atoms with Crippen molar-refractivity contribution in [1.82, 2.24) is 0 Å². The molecule has 4 rings (SSSR count). The van der Waals surface area contributed by atoms with Gasteiger partial charge in [-0.25, -0.2) is 0 Å². The number of ether oxygens (including phenoxy) is 4. The van der Waals surface area contributed by atoms with Crippen LogP contribution in [0, 0.1) is 22.7 Å². The second-order valence-corrected chi connectivity index (χ2v) is 10.8. The zero-order valence-corrected chi connectivity index (χ0v) is 19.0. The van der Waals surface area contributed by atoms with Crippen LogP contribution in [0.4, 0.5) is 0 Å². The Hall–Kier alpha value is -1.02. The van der Waals surface area contributed by atoms with Gasteiger partial charge in [0.2, 0.25) is 0 Å². The number of methoxy groups -OCH3 is 1. The first-order valence-corrected chi connectivity index (χ1v) is 11.2. The van der Waals surface area contributed by atoms with Gasteiger partial charge in [-0.2, -0.15) is 0 Å². The molecule has 2 heterocycles. The van der Waals surface area contributed by atoms with E-state index in [9.17, 15) is 14.7 Å². The van der Waals surface area contributed by atoms with E-state index < -0.39 is 34.1 Å². The largest absolute Gasteiger partial charge is 0.462 e. The van der Waals surface area contributed by atoms with Crippen LogP contribution in [0.2, 0.25) is 0 Å². The van der Waals surface area contributed by atoms with Crippen LogP contribution in [0.25, 0.3) is 0 Å². The van der Waals surface area contributed by atoms with E-state index in [0.717, 1.165) is 12.8 Å². The monoisotopic (exact) mass is 424 g/mol. The van der Waals surface area contributed by atoms with E-state index in [1.54, 1.807) is 7.11 Å². The van der Waals surface area contributed by atoms with Crippen molar-refractivity contribution in [3.05, 3.63) is 0 Å². The van der Waals surface area contributed by atoms with Crippen LogP contribution in [-0.2, 0) is 28.5 Å². The zero-order chi connectivity index (χ0) is 22.1. The molecule has 2 aliphatic carbocycles. The lowest BCUT2D eigenvalue weighted by molar-refractivity contribution is -0.266. The number of carbonyl (C=O) groups is 2. The van der Waals surface area contributed by atoms with Crippen molar-refractivity contribution >= 4 is 11.8 Å². The molecule has 2 saturated carbocycles. The molecule has 4 fully saturated rings. The molecule has 7 nitrogen and oxygen atoms in total. The minimum atomic E-state index is -1.10. The lowest BCUT2D eigenvalue weighted by atomic mass is 9.43. The van der Waals surface area contributed by atoms with Gasteiger partial charge in [-0.1, -0.05) is 27.7 Å². The van der Waals surface area contributed by atoms with E-state index in [2.05, 4.69) is 6.92 Å². The van der Waals surface area contributed by atoms with Crippen molar-refractivity contribution in [3.63, 3.8) is 0 Å². The van der Waals surface area contributed by atoms with Crippen LogP contribution < -0.4 is 0 Å². The third-order valence-corrected chi connectivity index (χ3v) is 8.88. The van der Waals surface area contributed by atoms with E-state index in [0.29, 0.717) is 25.9 Å². The summed E-state index contributed by atoms with van der Waals surface area (Å²) in [6.45, 7) is 9.93. The van der Waals surface area contributed by atoms with Gasteiger partial charge in [-0.3, -0.25) is 9.59 Å². The number of hydrogen-bond donors (Lipinski definition) is 1. The third kappa shape index (κ3) is 2.85. The third-order valence-electron chi connectivity index (χ3n) is 8.88. The highest BCUT2D eigenvalue weighted by Crippen LogP contribution is 2.67. The molecular weight excluding hydrogens is 388 g/mol. The quantitative estimate of drug-likeness (QED) is 0.681. The minimum Gasteiger partial charge on any atom is -0.462 e. The Morgan fingerprint density at radius 3 is 2.50 bits per heavy atom. The summed E-state index contributed by atoms with van der Waals surface area (Å²) < 4.78 is 23.8. The van der Waals surface area contributed by atoms with Crippen molar-refractivity contribution in [2.24, 2.45) is 22.7 Å². The number of aliphatic hydroxyl groups is 1. The second-order valence-electron chi connectivity index (χ2n) is 10.8. The van der Waals surface area contributed by atoms with Crippen molar-refractivity contribution in [2.75, 3.05) is 13.7 Å². The highest BCUT2D eigenvalue weighted by Gasteiger charge is 2.73. The Labute approximate surface area is 178 Å². The molecule has 0 aromatic heterocycles. The number of carbonyl (C=O) groups excluding carboxylic acids is 2. The van der Waals surface area contributed by atoms with E-state index in [4.69, 9.17) is 18.9 Å². The Bertz CT molecular complexity index is 735. The van der Waals surface area contributed by atoms with Gasteiger partial charge < -0.3 is 24.1 Å². The number of rotatable bonds is 2. The average Bonchev–Trinajstić information content (AvgIpc) is 3.26. The fraction of sp³-hybridized carbons (Fsp3) is 0.913. The molecular formula is C23H36O7. The normalized spacial score (nSPS) is 50.1. The first kappa shape index (κ1) is 22.2. The number of fused-ring (bicyclic) bond motifs is 2. The number of ketones is 1. The highest BCUT2D eigenvalue weighted by molar-refractivity contribution is 5.89. The topological polar surface area (TPSA) is 91.3 Å². The molecule has 170 valence electrons. The zero-order valence-electron chi connectivity index (χ0n) is 19.0. The van der Waals surface area contributed by atoms with Crippen LogP contribution in [0.3, 0.4) is 0 Å². The molecule has 4 aliphatic rings. The van der Waals surface area contributed by atoms with Gasteiger partial charge in [-0.05, 0) is 25.7 Å². The van der Waals surface area contributed by atoms with Gasteiger partial charge in [0.1, 0.15) is 12.2 Å². The second kappa shape index (κ2) is 6.99. The predicted octanol–water partition coefficient (Wildman–Crippen LogP) is 2.62. The summed E-state index contributed by atoms with van der Waals surface area (Å²) in [5, 5.41) is 11.1. The number of esters is 1. The molecule has 0 aromatic rings. The van der Waals surface area contributed by atoms with Crippen molar-refractivity contribution in [2.45, 2.75) is 96.4 Å². The summed E-state index contributed by atoms with van der Waals surface area (Å²) in [6, 6.07) is 0. The molecule has 1 N–H and O–H groups in total. The van der Waals surface area contributed by atoms with Crippen LogP contribution >= 0.6 is 0 Å². The number of hydrogen-bond acceptors (Lipinski definition) is 7. The molecule has 2 saturated heterocycles. The summed E-state index contributed by atoms with van der Waals surface area (Å²) in [6.07, 6.45) is 1.85. The molecule has 2 spiro atoms. The van der Waals surface area contributed by atoms with Gasteiger partial charge in [0.25, 0.3) is 0 Å². The van der Waals surface area contributed by atoms with Crippen molar-refractivity contribution < 1.29 is 33.6 Å². The Morgan fingerprint density at radius 2 is 1.90 bits per heavy atom. The lowest BCUT2D eigenvalue weighted by Crippen LogP contribution is -2.71. The van der Waals surface area contributed by atoms with Gasteiger partial charge in [0.05, 0.1) is 17.8 Å². The SMILES string of the molecule is CO[C@H]1C[C@@]2(CC[C@]3(O2)[C@@H](C)[C@H](O)C(=O)[C@@H]2C(C)(C)[C@@H](OC(C)=O)CC[C@]23C)CO1. The van der Waals surface area contributed by atoms with Crippen LogP contribution in [0.1, 0.15) is 66.7 Å². The molecule has 8 atom stereocenters. The van der Waals surface area contributed by atoms with Gasteiger partial charge in [-0.15, -0.1) is 0 Å². The molecule has 0 aromatic carbocycles. The van der Waals surface area contributed by atoms with Crippen molar-refractivity contribution in [3.8, 4) is 0 Å². The Kier molecular flexibility index (Phi) is 5.17. The maximum atomic E-state index is 13.5. The number of aliphatic hydroxyl groups excluding tert-OH is 1. The van der Waals surface area contributed by atoms with E-state index in [-0.39, 0.29) is 30.1 Å². The fourth-order valence-corrected chi connectivity index (χ4v) is 7.38. The molecule has 0 unspecified atom stereocenters. The van der Waals surface area contributed by atoms with Crippen LogP contribution in [0.5, 0.6) is 0 Å². The Balaban J connectivity index is 1.74. The first-order chi connectivity index (χ1) is 13.9. The maximum absolute atomic E-state index is 13.5. The van der Waals surface area contributed by atoms with Crippen LogP contribution in [0.15, 0.2) is 0 Å². The molecule has 0 amide bonds. The molecule has 7 heteroatoms. The summed E-state index contributed by atoms with van der Waals surface area (Å²) in [7, 11) is 1.64.